The van der Waals surface area contributed by atoms with Gasteiger partial charge in [0.05, 0.1) is 39.1 Å². The number of rotatable bonds is 5. The monoisotopic (exact) mass is 385 g/mol. The van der Waals surface area contributed by atoms with Crippen molar-refractivity contribution in [2.24, 2.45) is 0 Å². The predicted molar refractivity (Wildman–Crippen MR) is 106 cm³/mol. The minimum atomic E-state index is -0.531. The van der Waals surface area contributed by atoms with Crippen LogP contribution in [0, 0.1) is 12.7 Å². The number of nitrogens with zero attached hydrogens (tertiary/aromatic N) is 1. The molecule has 1 aliphatic rings. The summed E-state index contributed by atoms with van der Waals surface area (Å²) in [5, 5.41) is 0. The number of anilines is 1. The van der Waals surface area contributed by atoms with Gasteiger partial charge in [0.15, 0.2) is 0 Å². The van der Waals surface area contributed by atoms with Crippen molar-refractivity contribution in [3.8, 4) is 0 Å². The van der Waals surface area contributed by atoms with Gasteiger partial charge in [-0.15, -0.1) is 0 Å². The van der Waals surface area contributed by atoms with Crippen LogP contribution in [0.15, 0.2) is 48.5 Å². The first-order chi connectivity index (χ1) is 13.5. The molecule has 2 aromatic rings. The molecule has 2 amide bonds. The Labute approximate surface area is 164 Å². The molecule has 1 aliphatic heterocycles. The fourth-order valence-corrected chi connectivity index (χ4v) is 3.26. The molecule has 0 aromatic heterocycles. The van der Waals surface area contributed by atoms with Crippen molar-refractivity contribution in [3.05, 3.63) is 65.5 Å². The van der Waals surface area contributed by atoms with E-state index in [0.717, 1.165) is 32.2 Å². The number of benzene rings is 2. The second-order valence-electron chi connectivity index (χ2n) is 7.04. The Morgan fingerprint density at radius 3 is 2.46 bits per heavy atom. The van der Waals surface area contributed by atoms with Gasteiger partial charge in [-0.3, -0.25) is 20.4 Å². The topological polar surface area (TPSA) is 65.9 Å². The van der Waals surface area contributed by atoms with E-state index >= 15 is 0 Å². The summed E-state index contributed by atoms with van der Waals surface area (Å²) in [5.74, 6) is -1.23. The van der Waals surface area contributed by atoms with E-state index < -0.39 is 11.7 Å². The molecule has 3 rings (SSSR count). The lowest BCUT2D eigenvalue weighted by atomic mass is 10.1. The van der Waals surface area contributed by atoms with Crippen molar-refractivity contribution in [1.29, 1.82) is 0 Å². The molecule has 0 spiro atoms. The second kappa shape index (κ2) is 9.32. The van der Waals surface area contributed by atoms with Gasteiger partial charge in [-0.2, -0.15) is 0 Å². The van der Waals surface area contributed by atoms with E-state index in [9.17, 15) is 14.0 Å². The molecule has 1 heterocycles. The third kappa shape index (κ3) is 5.29. The number of nitrogens with one attached hydrogen (secondary N) is 3. The molecular weight excluding hydrogens is 359 g/mol. The SMILES string of the molecule is Cc1ccc(C(=O)NNC(=O)CC[NH+]2CCN(c3ccccc3)CC2)cc1F. The van der Waals surface area contributed by atoms with E-state index in [1.807, 2.05) is 18.2 Å². The maximum Gasteiger partial charge on any atom is 0.269 e. The molecule has 7 heteroatoms. The van der Waals surface area contributed by atoms with Gasteiger partial charge >= 0.3 is 0 Å². The van der Waals surface area contributed by atoms with Crippen molar-refractivity contribution in [2.45, 2.75) is 13.3 Å². The average molecular weight is 385 g/mol. The van der Waals surface area contributed by atoms with E-state index in [1.54, 1.807) is 6.92 Å². The highest BCUT2D eigenvalue weighted by Gasteiger charge is 2.20. The molecule has 0 saturated carbocycles. The lowest BCUT2D eigenvalue weighted by Crippen LogP contribution is -3.15. The van der Waals surface area contributed by atoms with E-state index in [2.05, 4.69) is 27.9 Å². The molecule has 0 bridgehead atoms. The zero-order valence-electron chi connectivity index (χ0n) is 16.0. The largest absolute Gasteiger partial charge is 0.360 e. The van der Waals surface area contributed by atoms with Crippen LogP contribution in [0.4, 0.5) is 10.1 Å². The van der Waals surface area contributed by atoms with Gasteiger partial charge in [0.2, 0.25) is 5.91 Å². The Hall–Kier alpha value is -2.93. The molecule has 0 atom stereocenters. The number of piperazine rings is 1. The first-order valence-electron chi connectivity index (χ1n) is 9.52. The number of hydrogen-bond donors (Lipinski definition) is 3. The Morgan fingerprint density at radius 2 is 1.79 bits per heavy atom. The number of carbonyl (C=O) groups is 2. The van der Waals surface area contributed by atoms with Crippen LogP contribution in [-0.4, -0.2) is 44.5 Å². The number of quaternary nitrogens is 1. The maximum atomic E-state index is 13.5. The fraction of sp³-hybridized carbons (Fsp3) is 0.333. The van der Waals surface area contributed by atoms with Crippen molar-refractivity contribution in [2.75, 3.05) is 37.6 Å². The van der Waals surface area contributed by atoms with Gasteiger partial charge < -0.3 is 9.80 Å². The Kier molecular flexibility index (Phi) is 6.60. The number of aryl methyl sites for hydroxylation is 1. The summed E-state index contributed by atoms with van der Waals surface area (Å²) in [6.07, 6.45) is 0.323. The van der Waals surface area contributed by atoms with Gasteiger partial charge in [-0.25, -0.2) is 4.39 Å². The predicted octanol–water partition coefficient (Wildman–Crippen LogP) is 0.690. The van der Waals surface area contributed by atoms with Gasteiger partial charge in [0, 0.05) is 11.3 Å². The molecule has 0 unspecified atom stereocenters. The fourth-order valence-electron chi connectivity index (χ4n) is 3.26. The molecule has 3 N–H and O–H groups in total. The zero-order valence-corrected chi connectivity index (χ0v) is 16.0. The highest BCUT2D eigenvalue weighted by atomic mass is 19.1. The van der Waals surface area contributed by atoms with Crippen LogP contribution in [0.25, 0.3) is 0 Å². The molecule has 0 radical (unpaired) electrons. The number of amides is 2. The highest BCUT2D eigenvalue weighted by Crippen LogP contribution is 2.12. The third-order valence-electron chi connectivity index (χ3n) is 5.05. The highest BCUT2D eigenvalue weighted by molar-refractivity contribution is 5.95. The summed E-state index contributed by atoms with van der Waals surface area (Å²) in [5.41, 5.74) is 6.62. The van der Waals surface area contributed by atoms with Gasteiger partial charge in [0.1, 0.15) is 5.82 Å². The summed E-state index contributed by atoms with van der Waals surface area (Å²) in [7, 11) is 0. The van der Waals surface area contributed by atoms with Crippen LogP contribution in [0.3, 0.4) is 0 Å². The molecule has 2 aromatic carbocycles. The molecular formula is C21H26FN4O2+. The molecule has 1 saturated heterocycles. The first kappa shape index (κ1) is 19.8. The number of hydrazine groups is 1. The maximum absolute atomic E-state index is 13.5. The third-order valence-corrected chi connectivity index (χ3v) is 5.05. The van der Waals surface area contributed by atoms with E-state index in [0.29, 0.717) is 18.5 Å². The van der Waals surface area contributed by atoms with Crippen LogP contribution in [0.5, 0.6) is 0 Å². The summed E-state index contributed by atoms with van der Waals surface area (Å²) in [6.45, 7) is 6.19. The Balaban J connectivity index is 1.37. The van der Waals surface area contributed by atoms with Gasteiger partial charge in [0.25, 0.3) is 5.91 Å². The summed E-state index contributed by atoms with van der Waals surface area (Å²) in [6, 6.07) is 14.5. The molecule has 28 heavy (non-hydrogen) atoms. The van der Waals surface area contributed by atoms with Crippen LogP contribution in [0.1, 0.15) is 22.3 Å². The van der Waals surface area contributed by atoms with Crippen LogP contribution >= 0.6 is 0 Å². The first-order valence-corrected chi connectivity index (χ1v) is 9.52. The summed E-state index contributed by atoms with van der Waals surface area (Å²) in [4.78, 5) is 27.7. The quantitative estimate of drug-likeness (QED) is 0.664. The molecule has 148 valence electrons. The van der Waals surface area contributed by atoms with Crippen LogP contribution < -0.4 is 20.7 Å². The van der Waals surface area contributed by atoms with Crippen molar-refractivity contribution >= 4 is 17.5 Å². The number of para-hydroxylation sites is 1. The zero-order chi connectivity index (χ0) is 19.9. The van der Waals surface area contributed by atoms with E-state index in [-0.39, 0.29) is 11.5 Å². The Morgan fingerprint density at radius 1 is 1.07 bits per heavy atom. The lowest BCUT2D eigenvalue weighted by molar-refractivity contribution is -0.900. The standard InChI is InChI=1S/C21H25FN4O2/c1-16-7-8-17(15-19(16)22)21(28)24-23-20(27)9-10-25-11-13-26(14-12-25)18-5-3-2-4-6-18/h2-8,15H,9-14H2,1H3,(H,23,27)(H,24,28)/p+1. The van der Waals surface area contributed by atoms with Gasteiger partial charge in [-0.1, -0.05) is 24.3 Å². The normalized spacial score (nSPS) is 14.6. The Bertz CT molecular complexity index is 820. The van der Waals surface area contributed by atoms with E-state index in [4.69, 9.17) is 0 Å². The van der Waals surface area contributed by atoms with E-state index in [1.165, 1.54) is 22.7 Å². The second-order valence-corrected chi connectivity index (χ2v) is 7.04. The van der Waals surface area contributed by atoms with Crippen LogP contribution in [0.2, 0.25) is 0 Å². The van der Waals surface area contributed by atoms with Crippen molar-refractivity contribution in [3.63, 3.8) is 0 Å². The molecule has 0 aliphatic carbocycles. The summed E-state index contributed by atoms with van der Waals surface area (Å²) < 4.78 is 13.5. The van der Waals surface area contributed by atoms with Gasteiger partial charge in [-0.05, 0) is 36.8 Å². The smallest absolute Gasteiger partial charge is 0.269 e. The number of halogens is 1. The lowest BCUT2D eigenvalue weighted by Gasteiger charge is -2.33. The summed E-state index contributed by atoms with van der Waals surface area (Å²) >= 11 is 0. The minimum absolute atomic E-state index is 0.172. The average Bonchev–Trinajstić information content (AvgIpc) is 2.73. The molecule has 6 nitrogen and oxygen atoms in total. The minimum Gasteiger partial charge on any atom is -0.360 e. The van der Waals surface area contributed by atoms with Crippen molar-refractivity contribution < 1.29 is 18.9 Å². The van der Waals surface area contributed by atoms with Crippen LogP contribution in [-0.2, 0) is 4.79 Å². The van der Waals surface area contributed by atoms with Crippen molar-refractivity contribution in [1.82, 2.24) is 10.9 Å². The molecule has 1 fully saturated rings. The number of hydrogen-bond acceptors (Lipinski definition) is 3. The number of carbonyl (C=O) groups excluding carboxylic acids is 2.